The van der Waals surface area contributed by atoms with E-state index in [4.69, 9.17) is 10.8 Å². The molecule has 0 bridgehead atoms. The van der Waals surface area contributed by atoms with Crippen molar-refractivity contribution < 1.29 is 5.11 Å². The van der Waals surface area contributed by atoms with Crippen LogP contribution in [-0.4, -0.2) is 35.7 Å². The zero-order valence-corrected chi connectivity index (χ0v) is 12.6. The third-order valence-corrected chi connectivity index (χ3v) is 4.43. The summed E-state index contributed by atoms with van der Waals surface area (Å²) >= 11 is 0. The van der Waals surface area contributed by atoms with Crippen molar-refractivity contribution in [3.63, 3.8) is 0 Å². The van der Waals surface area contributed by atoms with Crippen molar-refractivity contribution in [3.05, 3.63) is 35.4 Å². The quantitative estimate of drug-likeness (QED) is 0.767. The Kier molecular flexibility index (Phi) is 6.02. The summed E-state index contributed by atoms with van der Waals surface area (Å²) in [6, 6.07) is 9.39. The highest BCUT2D eigenvalue weighted by Gasteiger charge is 2.24. The molecule has 3 nitrogen and oxygen atoms in total. The lowest BCUT2D eigenvalue weighted by molar-refractivity contribution is 0.113. The summed E-state index contributed by atoms with van der Waals surface area (Å²) in [5.41, 5.74) is 8.81. The molecule has 1 aliphatic carbocycles. The van der Waals surface area contributed by atoms with Crippen molar-refractivity contribution in [1.29, 1.82) is 0 Å². The Labute approximate surface area is 122 Å². The molecular weight excluding hydrogens is 248 g/mol. The van der Waals surface area contributed by atoms with Gasteiger partial charge in [-0.15, -0.1) is 0 Å². The highest BCUT2D eigenvalue weighted by atomic mass is 16.3. The Morgan fingerprint density at radius 2 is 1.95 bits per heavy atom. The van der Waals surface area contributed by atoms with E-state index in [1.54, 1.807) is 0 Å². The molecule has 3 heteroatoms. The fraction of sp³-hybridized carbons (Fsp3) is 0.647. The van der Waals surface area contributed by atoms with Crippen LogP contribution in [0.25, 0.3) is 0 Å². The SMILES string of the molecule is Cc1ccc(C(N)CCN(CCCO)C2CCC2)cc1. The number of nitrogens with zero attached hydrogens (tertiary/aromatic N) is 1. The fourth-order valence-corrected chi connectivity index (χ4v) is 2.79. The fourth-order valence-electron chi connectivity index (χ4n) is 2.79. The van der Waals surface area contributed by atoms with E-state index in [2.05, 4.69) is 36.1 Å². The summed E-state index contributed by atoms with van der Waals surface area (Å²) in [6.07, 6.45) is 5.84. The smallest absolute Gasteiger partial charge is 0.0443 e. The van der Waals surface area contributed by atoms with E-state index in [-0.39, 0.29) is 12.6 Å². The van der Waals surface area contributed by atoms with E-state index in [1.165, 1.54) is 30.4 Å². The summed E-state index contributed by atoms with van der Waals surface area (Å²) in [4.78, 5) is 2.52. The minimum Gasteiger partial charge on any atom is -0.396 e. The number of aryl methyl sites for hydroxylation is 1. The van der Waals surface area contributed by atoms with Crippen LogP contribution in [-0.2, 0) is 0 Å². The minimum atomic E-state index is 0.118. The van der Waals surface area contributed by atoms with Crippen LogP contribution in [0.4, 0.5) is 0 Å². The molecule has 2 rings (SSSR count). The molecule has 0 spiro atoms. The Hall–Kier alpha value is -0.900. The molecule has 1 aromatic carbocycles. The van der Waals surface area contributed by atoms with Crippen LogP contribution in [0.3, 0.4) is 0 Å². The number of nitrogens with two attached hydrogens (primary N) is 1. The van der Waals surface area contributed by atoms with Gasteiger partial charge < -0.3 is 15.7 Å². The maximum Gasteiger partial charge on any atom is 0.0443 e. The molecule has 20 heavy (non-hydrogen) atoms. The lowest BCUT2D eigenvalue weighted by Crippen LogP contribution is -2.42. The van der Waals surface area contributed by atoms with Crippen molar-refractivity contribution in [2.75, 3.05) is 19.7 Å². The molecule has 1 saturated carbocycles. The lowest BCUT2D eigenvalue weighted by atomic mass is 9.91. The van der Waals surface area contributed by atoms with Gasteiger partial charge in [0.1, 0.15) is 0 Å². The molecular formula is C17H28N2O. The van der Waals surface area contributed by atoms with Gasteiger partial charge in [-0.3, -0.25) is 0 Å². The summed E-state index contributed by atoms with van der Waals surface area (Å²) in [5.74, 6) is 0. The average Bonchev–Trinajstić information content (AvgIpc) is 2.40. The van der Waals surface area contributed by atoms with Crippen LogP contribution >= 0.6 is 0 Å². The van der Waals surface area contributed by atoms with E-state index in [1.807, 2.05) is 0 Å². The number of aliphatic hydroxyl groups excluding tert-OH is 1. The van der Waals surface area contributed by atoms with Crippen LogP contribution in [0.1, 0.15) is 49.3 Å². The first-order chi connectivity index (χ1) is 9.70. The molecule has 0 saturated heterocycles. The zero-order chi connectivity index (χ0) is 14.4. The van der Waals surface area contributed by atoms with E-state index >= 15 is 0 Å². The molecule has 1 atom stereocenters. The third kappa shape index (κ3) is 4.30. The van der Waals surface area contributed by atoms with Crippen LogP contribution < -0.4 is 5.73 Å². The van der Waals surface area contributed by atoms with Crippen molar-refractivity contribution in [2.45, 2.75) is 51.1 Å². The number of hydrogen-bond acceptors (Lipinski definition) is 3. The molecule has 3 N–H and O–H groups in total. The van der Waals surface area contributed by atoms with Gasteiger partial charge in [-0.25, -0.2) is 0 Å². The summed E-state index contributed by atoms with van der Waals surface area (Å²) in [7, 11) is 0. The maximum atomic E-state index is 9.02. The van der Waals surface area contributed by atoms with Gasteiger partial charge in [0, 0.05) is 31.8 Å². The van der Waals surface area contributed by atoms with Gasteiger partial charge in [0.25, 0.3) is 0 Å². The van der Waals surface area contributed by atoms with Crippen molar-refractivity contribution in [3.8, 4) is 0 Å². The van der Waals surface area contributed by atoms with Gasteiger partial charge in [-0.2, -0.15) is 0 Å². The highest BCUT2D eigenvalue weighted by Crippen LogP contribution is 2.26. The van der Waals surface area contributed by atoms with Gasteiger partial charge >= 0.3 is 0 Å². The molecule has 1 unspecified atom stereocenters. The molecule has 0 amide bonds. The lowest BCUT2D eigenvalue weighted by Gasteiger charge is -2.38. The van der Waals surface area contributed by atoms with E-state index in [0.717, 1.165) is 32.0 Å². The molecule has 0 radical (unpaired) electrons. The molecule has 1 aromatic rings. The molecule has 112 valence electrons. The maximum absolute atomic E-state index is 9.02. The van der Waals surface area contributed by atoms with Crippen LogP contribution in [0.15, 0.2) is 24.3 Å². The summed E-state index contributed by atoms with van der Waals surface area (Å²) in [5, 5.41) is 9.02. The third-order valence-electron chi connectivity index (χ3n) is 4.43. The predicted octanol–water partition coefficient (Wildman–Crippen LogP) is 2.62. The van der Waals surface area contributed by atoms with Gasteiger partial charge in [-0.1, -0.05) is 36.2 Å². The molecule has 1 fully saturated rings. The standard InChI is InChI=1S/C17H28N2O/c1-14-6-8-15(9-7-14)17(18)10-12-19(11-3-13-20)16-4-2-5-16/h6-9,16-17,20H,2-5,10-13,18H2,1H3. The number of rotatable bonds is 8. The topological polar surface area (TPSA) is 49.5 Å². The van der Waals surface area contributed by atoms with Gasteiger partial charge in [0.05, 0.1) is 0 Å². The van der Waals surface area contributed by atoms with E-state index < -0.39 is 0 Å². The highest BCUT2D eigenvalue weighted by molar-refractivity contribution is 5.23. The zero-order valence-electron chi connectivity index (χ0n) is 12.6. The van der Waals surface area contributed by atoms with E-state index in [0.29, 0.717) is 0 Å². The van der Waals surface area contributed by atoms with Gasteiger partial charge in [0.2, 0.25) is 0 Å². The molecule has 0 heterocycles. The van der Waals surface area contributed by atoms with Gasteiger partial charge in [-0.05, 0) is 38.2 Å². The van der Waals surface area contributed by atoms with Crippen molar-refractivity contribution in [2.24, 2.45) is 5.73 Å². The first-order valence-corrected chi connectivity index (χ1v) is 7.88. The second kappa shape index (κ2) is 7.77. The van der Waals surface area contributed by atoms with Crippen molar-refractivity contribution in [1.82, 2.24) is 4.90 Å². The first-order valence-electron chi connectivity index (χ1n) is 7.88. The number of benzene rings is 1. The Morgan fingerprint density at radius 1 is 1.25 bits per heavy atom. The Balaban J connectivity index is 1.82. The second-order valence-electron chi connectivity index (χ2n) is 6.00. The minimum absolute atomic E-state index is 0.118. The second-order valence-corrected chi connectivity index (χ2v) is 6.00. The number of aliphatic hydroxyl groups is 1. The Morgan fingerprint density at radius 3 is 2.50 bits per heavy atom. The van der Waals surface area contributed by atoms with E-state index in [9.17, 15) is 0 Å². The monoisotopic (exact) mass is 276 g/mol. The number of hydrogen-bond donors (Lipinski definition) is 2. The molecule has 0 aliphatic heterocycles. The Bertz CT molecular complexity index is 386. The van der Waals surface area contributed by atoms with Crippen LogP contribution in [0, 0.1) is 6.92 Å². The normalized spacial score (nSPS) is 17.2. The van der Waals surface area contributed by atoms with Gasteiger partial charge in [0.15, 0.2) is 0 Å². The average molecular weight is 276 g/mol. The van der Waals surface area contributed by atoms with Crippen LogP contribution in [0.2, 0.25) is 0 Å². The predicted molar refractivity (Wildman–Crippen MR) is 83.6 cm³/mol. The molecule has 0 aromatic heterocycles. The first kappa shape index (κ1) is 15.5. The summed E-state index contributed by atoms with van der Waals surface area (Å²) in [6.45, 7) is 4.43. The summed E-state index contributed by atoms with van der Waals surface area (Å²) < 4.78 is 0. The van der Waals surface area contributed by atoms with Crippen LogP contribution in [0.5, 0.6) is 0 Å². The molecule has 1 aliphatic rings. The van der Waals surface area contributed by atoms with Crippen molar-refractivity contribution >= 4 is 0 Å². The largest absolute Gasteiger partial charge is 0.396 e.